The molecule has 0 spiro atoms. The molecule has 24 heavy (non-hydrogen) atoms. The Morgan fingerprint density at radius 3 is 2.54 bits per heavy atom. The summed E-state index contributed by atoms with van der Waals surface area (Å²) >= 11 is 0. The van der Waals surface area contributed by atoms with Gasteiger partial charge in [0.15, 0.2) is 0 Å². The SMILES string of the molecule is CC1(C)C(c2ccncc2)=Nc2ccc(C3=NNC(=O)CC3)cc21. The van der Waals surface area contributed by atoms with E-state index in [-0.39, 0.29) is 11.3 Å². The number of fused-ring (bicyclic) bond motifs is 1. The van der Waals surface area contributed by atoms with Crippen LogP contribution >= 0.6 is 0 Å². The van der Waals surface area contributed by atoms with Gasteiger partial charge in [-0.3, -0.25) is 14.8 Å². The number of nitrogens with zero attached hydrogens (tertiary/aromatic N) is 3. The van der Waals surface area contributed by atoms with Gasteiger partial charge in [-0.25, -0.2) is 5.43 Å². The maximum absolute atomic E-state index is 11.3. The van der Waals surface area contributed by atoms with Crippen molar-refractivity contribution in [2.24, 2.45) is 10.1 Å². The van der Waals surface area contributed by atoms with Crippen LogP contribution in [0, 0.1) is 0 Å². The molecule has 120 valence electrons. The molecule has 1 aromatic carbocycles. The van der Waals surface area contributed by atoms with Crippen LogP contribution in [0.25, 0.3) is 0 Å². The number of nitrogens with one attached hydrogen (secondary N) is 1. The fraction of sp³-hybridized carbons (Fsp3) is 0.263. The lowest BCUT2D eigenvalue weighted by Gasteiger charge is -2.23. The number of carbonyl (C=O) groups excluding carboxylic acids is 1. The van der Waals surface area contributed by atoms with Crippen LogP contribution in [0.3, 0.4) is 0 Å². The maximum Gasteiger partial charge on any atom is 0.240 e. The Labute approximate surface area is 140 Å². The molecular weight excluding hydrogens is 300 g/mol. The Hall–Kier alpha value is -2.82. The summed E-state index contributed by atoms with van der Waals surface area (Å²) in [6.07, 6.45) is 4.74. The minimum atomic E-state index is -0.189. The molecule has 0 fully saturated rings. The Morgan fingerprint density at radius 1 is 1.04 bits per heavy atom. The molecule has 2 aromatic rings. The second kappa shape index (κ2) is 5.37. The number of benzene rings is 1. The quantitative estimate of drug-likeness (QED) is 0.924. The first kappa shape index (κ1) is 14.8. The highest BCUT2D eigenvalue weighted by Gasteiger charge is 2.36. The van der Waals surface area contributed by atoms with Crippen molar-refractivity contribution in [2.45, 2.75) is 32.1 Å². The summed E-state index contributed by atoms with van der Waals surface area (Å²) in [7, 11) is 0. The lowest BCUT2D eigenvalue weighted by Crippen LogP contribution is -2.28. The average molecular weight is 318 g/mol. The van der Waals surface area contributed by atoms with Crippen LogP contribution in [0.5, 0.6) is 0 Å². The van der Waals surface area contributed by atoms with Gasteiger partial charge in [0.2, 0.25) is 5.91 Å². The first-order chi connectivity index (χ1) is 11.6. The smallest absolute Gasteiger partial charge is 0.240 e. The van der Waals surface area contributed by atoms with Crippen molar-refractivity contribution in [2.75, 3.05) is 0 Å². The molecule has 0 aliphatic carbocycles. The summed E-state index contributed by atoms with van der Waals surface area (Å²) < 4.78 is 0. The predicted octanol–water partition coefficient (Wildman–Crippen LogP) is 3.11. The monoisotopic (exact) mass is 318 g/mol. The number of aromatic nitrogens is 1. The molecule has 0 saturated carbocycles. The van der Waals surface area contributed by atoms with Crippen LogP contribution in [-0.2, 0) is 10.2 Å². The van der Waals surface area contributed by atoms with Crippen molar-refractivity contribution in [1.82, 2.24) is 10.4 Å². The first-order valence-corrected chi connectivity index (χ1v) is 8.05. The summed E-state index contributed by atoms with van der Waals surface area (Å²) in [5.41, 5.74) is 8.68. The number of carbonyl (C=O) groups is 1. The fourth-order valence-corrected chi connectivity index (χ4v) is 3.32. The Morgan fingerprint density at radius 2 is 1.83 bits per heavy atom. The number of aliphatic imine (C=N–C) groups is 1. The van der Waals surface area contributed by atoms with Crippen LogP contribution in [0.2, 0.25) is 0 Å². The molecule has 1 amide bonds. The standard InChI is InChI=1S/C19H18N4O/c1-19(2)14-11-13(15-5-6-17(24)23-22-15)3-4-16(14)21-18(19)12-7-9-20-10-8-12/h3-4,7-11H,5-6H2,1-2H3,(H,23,24). The van der Waals surface area contributed by atoms with E-state index in [1.165, 1.54) is 5.56 Å². The van der Waals surface area contributed by atoms with E-state index in [2.05, 4.69) is 35.4 Å². The summed E-state index contributed by atoms with van der Waals surface area (Å²) in [6, 6.07) is 10.2. The van der Waals surface area contributed by atoms with Crippen LogP contribution in [0.1, 0.15) is 43.4 Å². The molecule has 1 aromatic heterocycles. The number of amides is 1. The van der Waals surface area contributed by atoms with E-state index in [9.17, 15) is 4.79 Å². The fourth-order valence-electron chi connectivity index (χ4n) is 3.32. The van der Waals surface area contributed by atoms with Gasteiger partial charge in [0.05, 0.1) is 17.1 Å². The first-order valence-electron chi connectivity index (χ1n) is 8.05. The Kier molecular flexibility index (Phi) is 3.30. The summed E-state index contributed by atoms with van der Waals surface area (Å²) in [5.74, 6) is -0.0245. The molecule has 3 heterocycles. The summed E-state index contributed by atoms with van der Waals surface area (Å²) in [4.78, 5) is 20.2. The Balaban J connectivity index is 1.74. The minimum absolute atomic E-state index is 0.0245. The summed E-state index contributed by atoms with van der Waals surface area (Å²) in [6.45, 7) is 4.37. The second-order valence-corrected chi connectivity index (χ2v) is 6.65. The number of pyridine rings is 1. The van der Waals surface area contributed by atoms with E-state index in [1.54, 1.807) is 12.4 Å². The van der Waals surface area contributed by atoms with Crippen molar-refractivity contribution in [3.8, 4) is 0 Å². The van der Waals surface area contributed by atoms with Crippen LogP contribution in [0.15, 0.2) is 52.8 Å². The highest BCUT2D eigenvalue weighted by molar-refractivity contribution is 6.13. The van der Waals surface area contributed by atoms with Crippen molar-refractivity contribution in [3.05, 3.63) is 59.4 Å². The van der Waals surface area contributed by atoms with Gasteiger partial charge >= 0.3 is 0 Å². The maximum atomic E-state index is 11.3. The van der Waals surface area contributed by atoms with Gasteiger partial charge in [-0.15, -0.1) is 0 Å². The summed E-state index contributed by atoms with van der Waals surface area (Å²) in [5, 5.41) is 4.20. The van der Waals surface area contributed by atoms with Gasteiger partial charge in [-0.05, 0) is 41.0 Å². The van der Waals surface area contributed by atoms with Crippen molar-refractivity contribution in [3.63, 3.8) is 0 Å². The van der Waals surface area contributed by atoms with Crippen LogP contribution < -0.4 is 5.43 Å². The van der Waals surface area contributed by atoms with E-state index in [1.807, 2.05) is 24.3 Å². The van der Waals surface area contributed by atoms with Crippen LogP contribution in [0.4, 0.5) is 5.69 Å². The number of hydrogen-bond acceptors (Lipinski definition) is 4. The van der Waals surface area contributed by atoms with Gasteiger partial charge in [-0.2, -0.15) is 5.10 Å². The van der Waals surface area contributed by atoms with Gasteiger partial charge in [-0.1, -0.05) is 19.9 Å². The highest BCUT2D eigenvalue weighted by Crippen LogP contribution is 2.42. The van der Waals surface area contributed by atoms with E-state index in [0.29, 0.717) is 12.8 Å². The zero-order valence-corrected chi connectivity index (χ0v) is 13.7. The van der Waals surface area contributed by atoms with Gasteiger partial charge in [0.1, 0.15) is 0 Å². The largest absolute Gasteiger partial charge is 0.273 e. The zero-order valence-electron chi connectivity index (χ0n) is 13.7. The third kappa shape index (κ3) is 2.33. The molecular formula is C19H18N4O. The third-order valence-corrected chi connectivity index (χ3v) is 4.69. The molecule has 0 saturated heterocycles. The van der Waals surface area contributed by atoms with Crippen molar-refractivity contribution < 1.29 is 4.79 Å². The van der Waals surface area contributed by atoms with Crippen LogP contribution in [-0.4, -0.2) is 22.3 Å². The van der Waals surface area contributed by atoms with E-state index >= 15 is 0 Å². The topological polar surface area (TPSA) is 66.7 Å². The van der Waals surface area contributed by atoms with E-state index < -0.39 is 0 Å². The predicted molar refractivity (Wildman–Crippen MR) is 93.8 cm³/mol. The average Bonchev–Trinajstić information content (AvgIpc) is 2.87. The Bertz CT molecular complexity index is 881. The second-order valence-electron chi connectivity index (χ2n) is 6.65. The number of rotatable bonds is 2. The molecule has 2 aliphatic rings. The molecule has 4 rings (SSSR count). The molecule has 0 bridgehead atoms. The van der Waals surface area contributed by atoms with E-state index in [4.69, 9.17) is 4.99 Å². The van der Waals surface area contributed by atoms with Gasteiger partial charge in [0.25, 0.3) is 0 Å². The van der Waals surface area contributed by atoms with Crippen molar-refractivity contribution >= 4 is 23.0 Å². The molecule has 5 heteroatoms. The molecule has 2 aliphatic heterocycles. The lowest BCUT2D eigenvalue weighted by atomic mass is 9.78. The molecule has 0 radical (unpaired) electrons. The molecule has 1 N–H and O–H groups in total. The van der Waals surface area contributed by atoms with E-state index in [0.717, 1.165) is 28.2 Å². The highest BCUT2D eigenvalue weighted by atomic mass is 16.2. The van der Waals surface area contributed by atoms with Crippen molar-refractivity contribution in [1.29, 1.82) is 0 Å². The normalized spacial score (nSPS) is 18.5. The zero-order chi connectivity index (χ0) is 16.7. The number of hydrazone groups is 1. The minimum Gasteiger partial charge on any atom is -0.273 e. The third-order valence-electron chi connectivity index (χ3n) is 4.69. The molecule has 5 nitrogen and oxygen atoms in total. The number of hydrogen-bond donors (Lipinski definition) is 1. The molecule has 0 atom stereocenters. The molecule has 0 unspecified atom stereocenters. The van der Waals surface area contributed by atoms with Gasteiger partial charge < -0.3 is 0 Å². The van der Waals surface area contributed by atoms with Gasteiger partial charge in [0, 0.05) is 30.7 Å². The lowest BCUT2D eigenvalue weighted by molar-refractivity contribution is -0.121.